The molecule has 1 rings (SSSR count). The maximum Gasteiger partial charge on any atom is 0.423 e. The van der Waals surface area contributed by atoms with Gasteiger partial charge in [0.25, 0.3) is 5.69 Å². The van der Waals surface area contributed by atoms with E-state index in [-0.39, 0.29) is 11.8 Å². The highest BCUT2D eigenvalue weighted by molar-refractivity contribution is 5.55. The first kappa shape index (κ1) is 15.2. The van der Waals surface area contributed by atoms with Crippen LogP contribution in [-0.4, -0.2) is 24.7 Å². The van der Waals surface area contributed by atoms with E-state index < -0.39 is 22.4 Å². The van der Waals surface area contributed by atoms with Crippen LogP contribution < -0.4 is 5.32 Å². The van der Waals surface area contributed by atoms with Gasteiger partial charge in [0.1, 0.15) is 5.56 Å². The zero-order valence-electron chi connectivity index (χ0n) is 10.3. The van der Waals surface area contributed by atoms with E-state index in [0.717, 1.165) is 12.1 Å². The first-order valence-electron chi connectivity index (χ1n) is 5.38. The van der Waals surface area contributed by atoms with Gasteiger partial charge in [-0.25, -0.2) is 0 Å². The Balaban J connectivity index is 3.02. The Labute approximate surface area is 107 Å². The van der Waals surface area contributed by atoms with Crippen molar-refractivity contribution in [2.24, 2.45) is 0 Å². The second kappa shape index (κ2) is 5.87. The molecule has 0 heterocycles. The molecule has 0 saturated carbocycles. The molecule has 1 aromatic rings. The third-order valence-corrected chi connectivity index (χ3v) is 2.49. The van der Waals surface area contributed by atoms with Crippen molar-refractivity contribution >= 4 is 11.4 Å². The predicted octanol–water partition coefficient (Wildman–Crippen LogP) is 3.06. The molecule has 8 heteroatoms. The number of hydrogen-bond donors (Lipinski definition) is 1. The standard InChI is InChI=1S/C11H13F3N2O3/c1-7(19-2)6-15-8-3-4-10(16(17)18)9(5-8)11(12,13)14/h3-5,7,15H,6H2,1-2H3. The van der Waals surface area contributed by atoms with Gasteiger partial charge in [0.15, 0.2) is 0 Å². The number of nitro groups is 1. The number of halogens is 3. The highest BCUT2D eigenvalue weighted by atomic mass is 19.4. The summed E-state index contributed by atoms with van der Waals surface area (Å²) in [4.78, 5) is 9.51. The van der Waals surface area contributed by atoms with E-state index in [4.69, 9.17) is 4.74 Å². The summed E-state index contributed by atoms with van der Waals surface area (Å²) in [5.74, 6) is 0. The third-order valence-electron chi connectivity index (χ3n) is 2.49. The van der Waals surface area contributed by atoms with Crippen molar-refractivity contribution in [3.8, 4) is 0 Å². The molecule has 0 amide bonds. The summed E-state index contributed by atoms with van der Waals surface area (Å²) in [6.07, 6.45) is -4.96. The van der Waals surface area contributed by atoms with Gasteiger partial charge >= 0.3 is 6.18 Å². The van der Waals surface area contributed by atoms with Crippen molar-refractivity contribution in [1.82, 2.24) is 0 Å². The highest BCUT2D eigenvalue weighted by Gasteiger charge is 2.38. The van der Waals surface area contributed by atoms with E-state index in [2.05, 4.69) is 5.32 Å². The normalized spacial score (nSPS) is 13.1. The number of ether oxygens (including phenoxy) is 1. The minimum Gasteiger partial charge on any atom is -0.382 e. The molecule has 0 bridgehead atoms. The zero-order chi connectivity index (χ0) is 14.6. The molecule has 1 atom stereocenters. The first-order valence-corrected chi connectivity index (χ1v) is 5.38. The molecule has 0 aromatic heterocycles. The van der Waals surface area contributed by atoms with E-state index in [1.165, 1.54) is 13.2 Å². The van der Waals surface area contributed by atoms with Crippen LogP contribution in [0.25, 0.3) is 0 Å². The monoisotopic (exact) mass is 278 g/mol. The molecular formula is C11H13F3N2O3. The van der Waals surface area contributed by atoms with Crippen molar-refractivity contribution in [1.29, 1.82) is 0 Å². The lowest BCUT2D eigenvalue weighted by Gasteiger charge is -2.14. The molecule has 106 valence electrons. The summed E-state index contributed by atoms with van der Waals surface area (Å²) in [5.41, 5.74) is -2.08. The lowest BCUT2D eigenvalue weighted by Crippen LogP contribution is -2.18. The fourth-order valence-corrected chi connectivity index (χ4v) is 1.38. The number of nitrogens with zero attached hydrogens (tertiary/aromatic N) is 1. The minimum absolute atomic E-state index is 0.154. The van der Waals surface area contributed by atoms with E-state index in [1.807, 2.05) is 0 Å². The maximum absolute atomic E-state index is 12.7. The summed E-state index contributed by atoms with van der Waals surface area (Å²) in [5, 5.41) is 13.3. The molecule has 0 aliphatic heterocycles. The quantitative estimate of drug-likeness (QED) is 0.664. The number of benzene rings is 1. The summed E-state index contributed by atoms with van der Waals surface area (Å²) >= 11 is 0. The molecule has 5 nitrogen and oxygen atoms in total. The molecule has 0 aliphatic rings. The van der Waals surface area contributed by atoms with Crippen molar-refractivity contribution < 1.29 is 22.8 Å². The van der Waals surface area contributed by atoms with Gasteiger partial charge < -0.3 is 10.1 Å². The first-order chi connectivity index (χ1) is 8.75. The van der Waals surface area contributed by atoms with Crippen LogP contribution in [0.1, 0.15) is 12.5 Å². The van der Waals surface area contributed by atoms with Crippen LogP contribution in [0.2, 0.25) is 0 Å². The van der Waals surface area contributed by atoms with Gasteiger partial charge in [-0.3, -0.25) is 10.1 Å². The van der Waals surface area contributed by atoms with Crippen LogP contribution in [-0.2, 0) is 10.9 Å². The summed E-state index contributed by atoms with van der Waals surface area (Å²) < 4.78 is 43.0. The van der Waals surface area contributed by atoms with Crippen LogP contribution >= 0.6 is 0 Å². The van der Waals surface area contributed by atoms with Gasteiger partial charge in [0.2, 0.25) is 0 Å². The Hall–Kier alpha value is -1.83. The van der Waals surface area contributed by atoms with Crippen LogP contribution in [0, 0.1) is 10.1 Å². The van der Waals surface area contributed by atoms with Gasteiger partial charge in [-0.05, 0) is 19.1 Å². The second-order valence-electron chi connectivity index (χ2n) is 3.91. The number of anilines is 1. The number of rotatable bonds is 5. The molecule has 0 aliphatic carbocycles. The number of alkyl halides is 3. The molecule has 1 unspecified atom stereocenters. The van der Waals surface area contributed by atoms with Gasteiger partial charge in [0.05, 0.1) is 11.0 Å². The Bertz CT molecular complexity index is 463. The summed E-state index contributed by atoms with van der Waals surface area (Å²) in [6, 6.07) is 2.79. The molecule has 0 spiro atoms. The molecule has 0 radical (unpaired) electrons. The third kappa shape index (κ3) is 4.09. The Morgan fingerprint density at radius 3 is 2.58 bits per heavy atom. The predicted molar refractivity (Wildman–Crippen MR) is 63.1 cm³/mol. The molecule has 1 aromatic carbocycles. The van der Waals surface area contributed by atoms with Crippen molar-refractivity contribution in [2.75, 3.05) is 19.0 Å². The molecule has 0 fully saturated rings. The SMILES string of the molecule is COC(C)CNc1ccc([N+](=O)[O-])c(C(F)(F)F)c1. The van der Waals surface area contributed by atoms with E-state index in [9.17, 15) is 23.3 Å². The second-order valence-corrected chi connectivity index (χ2v) is 3.91. The molecule has 0 saturated heterocycles. The number of nitro benzene ring substituents is 1. The van der Waals surface area contributed by atoms with Crippen LogP contribution in [0.15, 0.2) is 18.2 Å². The average molecular weight is 278 g/mol. The maximum atomic E-state index is 12.7. The van der Waals surface area contributed by atoms with Gasteiger partial charge in [-0.2, -0.15) is 13.2 Å². The van der Waals surface area contributed by atoms with Gasteiger partial charge in [-0.15, -0.1) is 0 Å². The van der Waals surface area contributed by atoms with Crippen molar-refractivity contribution in [3.05, 3.63) is 33.9 Å². The van der Waals surface area contributed by atoms with E-state index in [1.54, 1.807) is 6.92 Å². The van der Waals surface area contributed by atoms with E-state index >= 15 is 0 Å². The Kier molecular flexibility index (Phi) is 4.71. The van der Waals surface area contributed by atoms with Crippen molar-refractivity contribution in [3.63, 3.8) is 0 Å². The highest BCUT2D eigenvalue weighted by Crippen LogP contribution is 2.37. The van der Waals surface area contributed by atoms with Crippen LogP contribution in [0.5, 0.6) is 0 Å². The topological polar surface area (TPSA) is 64.4 Å². The smallest absolute Gasteiger partial charge is 0.382 e. The van der Waals surface area contributed by atoms with Crippen LogP contribution in [0.4, 0.5) is 24.5 Å². The summed E-state index contributed by atoms with van der Waals surface area (Å²) in [7, 11) is 1.48. The fourth-order valence-electron chi connectivity index (χ4n) is 1.38. The molecule has 1 N–H and O–H groups in total. The summed E-state index contributed by atoms with van der Waals surface area (Å²) in [6.45, 7) is 2.04. The van der Waals surface area contributed by atoms with Gasteiger partial charge in [0, 0.05) is 25.4 Å². The average Bonchev–Trinajstić information content (AvgIpc) is 2.34. The fraction of sp³-hybridized carbons (Fsp3) is 0.455. The van der Waals surface area contributed by atoms with Gasteiger partial charge in [-0.1, -0.05) is 0 Å². The number of nitrogens with one attached hydrogen (secondary N) is 1. The van der Waals surface area contributed by atoms with Crippen molar-refractivity contribution in [2.45, 2.75) is 19.2 Å². The Morgan fingerprint density at radius 1 is 1.47 bits per heavy atom. The molecule has 19 heavy (non-hydrogen) atoms. The number of methoxy groups -OCH3 is 1. The lowest BCUT2D eigenvalue weighted by atomic mass is 10.1. The lowest BCUT2D eigenvalue weighted by molar-refractivity contribution is -0.388. The Morgan fingerprint density at radius 2 is 2.11 bits per heavy atom. The van der Waals surface area contributed by atoms with Crippen LogP contribution in [0.3, 0.4) is 0 Å². The number of hydrogen-bond acceptors (Lipinski definition) is 4. The minimum atomic E-state index is -4.77. The van der Waals surface area contributed by atoms with E-state index in [0.29, 0.717) is 6.54 Å². The largest absolute Gasteiger partial charge is 0.423 e. The molecular weight excluding hydrogens is 265 g/mol. The zero-order valence-corrected chi connectivity index (χ0v) is 10.3.